The summed E-state index contributed by atoms with van der Waals surface area (Å²) < 4.78 is 0. The molecule has 0 radical (unpaired) electrons. The summed E-state index contributed by atoms with van der Waals surface area (Å²) in [6.45, 7) is 1.99. The molecule has 0 amide bonds. The van der Waals surface area contributed by atoms with Crippen LogP contribution in [0.2, 0.25) is 0 Å². The minimum Gasteiger partial charge on any atom is -0.293 e. The molecule has 0 bridgehead atoms. The number of alkyl halides is 1. The first-order valence-corrected chi connectivity index (χ1v) is 5.47. The number of benzene rings is 1. The second-order valence-electron chi connectivity index (χ2n) is 2.89. The van der Waals surface area contributed by atoms with Crippen LogP contribution in [0.15, 0.2) is 18.2 Å². The minimum absolute atomic E-state index is 0.0268. The molecule has 3 heteroatoms. The number of carbonyl (C=O) groups is 1. The Morgan fingerprint density at radius 1 is 1.57 bits per heavy atom. The van der Waals surface area contributed by atoms with E-state index in [2.05, 4.69) is 15.9 Å². The fourth-order valence-electron chi connectivity index (χ4n) is 1.29. The highest BCUT2D eigenvalue weighted by atomic mass is 79.9. The topological polar surface area (TPSA) is 40.9 Å². The normalized spacial score (nSPS) is 9.50. The number of hydrogen-bond donors (Lipinski definition) is 0. The molecule has 0 aliphatic rings. The molecule has 0 spiro atoms. The number of carbonyl (C=O) groups excluding carboxylic acids is 1. The summed E-state index contributed by atoms with van der Waals surface area (Å²) in [6, 6.07) is 7.27. The molecule has 0 fully saturated rings. The average molecular weight is 252 g/mol. The van der Waals surface area contributed by atoms with E-state index < -0.39 is 0 Å². The Morgan fingerprint density at radius 2 is 2.29 bits per heavy atom. The molecule has 1 aromatic carbocycles. The van der Waals surface area contributed by atoms with Gasteiger partial charge in [-0.25, -0.2) is 0 Å². The molecule has 1 rings (SSSR count). The molecule has 0 atom stereocenters. The molecule has 2 nitrogen and oxygen atoms in total. The van der Waals surface area contributed by atoms with Gasteiger partial charge in [0.15, 0.2) is 5.78 Å². The maximum Gasteiger partial charge on any atom is 0.173 e. The molecule has 0 saturated heterocycles. The van der Waals surface area contributed by atoms with Crippen molar-refractivity contribution in [3.8, 4) is 6.07 Å². The van der Waals surface area contributed by atoms with E-state index in [9.17, 15) is 4.79 Å². The fourth-order valence-corrected chi connectivity index (χ4v) is 1.59. The average Bonchev–Trinajstić information content (AvgIpc) is 2.27. The first-order valence-electron chi connectivity index (χ1n) is 4.35. The van der Waals surface area contributed by atoms with Crippen LogP contribution < -0.4 is 0 Å². The van der Waals surface area contributed by atoms with E-state index in [0.29, 0.717) is 16.5 Å². The van der Waals surface area contributed by atoms with Crippen molar-refractivity contribution in [2.75, 3.05) is 5.33 Å². The molecular weight excluding hydrogens is 242 g/mol. The quantitative estimate of drug-likeness (QED) is 0.613. The highest BCUT2D eigenvalue weighted by molar-refractivity contribution is 9.09. The highest BCUT2D eigenvalue weighted by Gasteiger charge is 2.09. The number of rotatable bonds is 3. The van der Waals surface area contributed by atoms with Crippen LogP contribution in [0.4, 0.5) is 0 Å². The van der Waals surface area contributed by atoms with Crippen molar-refractivity contribution >= 4 is 21.7 Å². The fraction of sp³-hybridized carbons (Fsp3) is 0.273. The Kier molecular flexibility index (Phi) is 3.84. The predicted octanol–water partition coefficient (Wildman–Crippen LogP) is 2.70. The van der Waals surface area contributed by atoms with E-state index in [-0.39, 0.29) is 5.78 Å². The number of aryl methyl sites for hydroxylation is 1. The number of halogens is 1. The number of nitriles is 1. The smallest absolute Gasteiger partial charge is 0.173 e. The lowest BCUT2D eigenvalue weighted by Crippen LogP contribution is -2.04. The van der Waals surface area contributed by atoms with Gasteiger partial charge in [-0.3, -0.25) is 4.79 Å². The summed E-state index contributed by atoms with van der Waals surface area (Å²) >= 11 is 3.13. The van der Waals surface area contributed by atoms with Crippen molar-refractivity contribution < 1.29 is 4.79 Å². The molecule has 0 N–H and O–H groups in total. The number of hydrogen-bond acceptors (Lipinski definition) is 2. The van der Waals surface area contributed by atoms with Gasteiger partial charge in [-0.05, 0) is 24.1 Å². The van der Waals surface area contributed by atoms with Crippen molar-refractivity contribution in [3.63, 3.8) is 0 Å². The van der Waals surface area contributed by atoms with E-state index in [1.54, 1.807) is 12.1 Å². The highest BCUT2D eigenvalue weighted by Crippen LogP contribution is 2.14. The number of nitrogens with zero attached hydrogens (tertiary/aromatic N) is 1. The van der Waals surface area contributed by atoms with Crippen LogP contribution in [0.1, 0.15) is 28.4 Å². The zero-order valence-corrected chi connectivity index (χ0v) is 9.47. The largest absolute Gasteiger partial charge is 0.293 e. The third-order valence-corrected chi connectivity index (χ3v) is 2.55. The van der Waals surface area contributed by atoms with Crippen LogP contribution in [0.25, 0.3) is 0 Å². The first-order chi connectivity index (χ1) is 6.72. The van der Waals surface area contributed by atoms with E-state index in [4.69, 9.17) is 5.26 Å². The van der Waals surface area contributed by atoms with Gasteiger partial charge in [0.05, 0.1) is 17.0 Å². The maximum absolute atomic E-state index is 11.5. The van der Waals surface area contributed by atoms with Crippen molar-refractivity contribution in [3.05, 3.63) is 34.9 Å². The van der Waals surface area contributed by atoms with Gasteiger partial charge in [0.1, 0.15) is 0 Å². The van der Waals surface area contributed by atoms with E-state index >= 15 is 0 Å². The Hall–Kier alpha value is -1.14. The third-order valence-electron chi connectivity index (χ3n) is 2.04. The van der Waals surface area contributed by atoms with Gasteiger partial charge >= 0.3 is 0 Å². The van der Waals surface area contributed by atoms with Gasteiger partial charge in [-0.15, -0.1) is 0 Å². The molecule has 0 aliphatic heterocycles. The Morgan fingerprint density at radius 3 is 2.79 bits per heavy atom. The SMILES string of the molecule is CCc1ccc(C#N)cc1C(=O)CBr. The third kappa shape index (κ3) is 2.21. The van der Waals surface area contributed by atoms with E-state index in [1.165, 1.54) is 0 Å². The molecule has 0 aliphatic carbocycles. The molecule has 0 heterocycles. The van der Waals surface area contributed by atoms with Crippen LogP contribution in [0, 0.1) is 11.3 Å². The van der Waals surface area contributed by atoms with Crippen molar-refractivity contribution in [1.82, 2.24) is 0 Å². The van der Waals surface area contributed by atoms with Crippen molar-refractivity contribution in [2.45, 2.75) is 13.3 Å². The Labute approximate surface area is 91.7 Å². The monoisotopic (exact) mass is 251 g/mol. The molecule has 0 unspecified atom stereocenters. The zero-order valence-electron chi connectivity index (χ0n) is 7.88. The molecule has 14 heavy (non-hydrogen) atoms. The van der Waals surface area contributed by atoms with Gasteiger partial charge in [0.25, 0.3) is 0 Å². The first kappa shape index (κ1) is 10.9. The standard InChI is InChI=1S/C11H10BrNO/c1-2-9-4-3-8(7-13)5-10(9)11(14)6-12/h3-5H,2,6H2,1H3. The second-order valence-corrected chi connectivity index (χ2v) is 3.45. The van der Waals surface area contributed by atoms with Crippen LogP contribution in [0.5, 0.6) is 0 Å². The minimum atomic E-state index is 0.0268. The van der Waals surface area contributed by atoms with E-state index in [0.717, 1.165) is 12.0 Å². The lowest BCUT2D eigenvalue weighted by Gasteiger charge is -2.04. The van der Waals surface area contributed by atoms with Gasteiger partial charge in [0.2, 0.25) is 0 Å². The van der Waals surface area contributed by atoms with Crippen LogP contribution in [0.3, 0.4) is 0 Å². The second kappa shape index (κ2) is 4.92. The summed E-state index contributed by atoms with van der Waals surface area (Å²) in [5.74, 6) is 0.0268. The summed E-state index contributed by atoms with van der Waals surface area (Å²) in [7, 11) is 0. The molecule has 0 aromatic heterocycles. The van der Waals surface area contributed by atoms with Crippen molar-refractivity contribution in [2.24, 2.45) is 0 Å². The Bertz CT molecular complexity index is 393. The van der Waals surface area contributed by atoms with Gasteiger partial charge in [-0.2, -0.15) is 5.26 Å². The lowest BCUT2D eigenvalue weighted by molar-refractivity contribution is 0.102. The predicted molar refractivity (Wildman–Crippen MR) is 58.7 cm³/mol. The summed E-state index contributed by atoms with van der Waals surface area (Å²) in [4.78, 5) is 11.5. The molecular formula is C11H10BrNO. The molecule has 1 aromatic rings. The van der Waals surface area contributed by atoms with Crippen LogP contribution >= 0.6 is 15.9 Å². The lowest BCUT2D eigenvalue weighted by atomic mass is 10.00. The van der Waals surface area contributed by atoms with Gasteiger partial charge in [-0.1, -0.05) is 28.9 Å². The Balaban J connectivity index is 3.23. The van der Waals surface area contributed by atoms with E-state index in [1.807, 2.05) is 19.1 Å². The maximum atomic E-state index is 11.5. The molecule has 0 saturated carbocycles. The van der Waals surface area contributed by atoms with Crippen molar-refractivity contribution in [1.29, 1.82) is 5.26 Å². The summed E-state index contributed by atoms with van der Waals surface area (Å²) in [6.07, 6.45) is 0.805. The molecule has 72 valence electrons. The zero-order chi connectivity index (χ0) is 10.6. The van der Waals surface area contributed by atoms with Gasteiger partial charge < -0.3 is 0 Å². The van der Waals surface area contributed by atoms with Crippen LogP contribution in [-0.4, -0.2) is 11.1 Å². The summed E-state index contributed by atoms with van der Waals surface area (Å²) in [5, 5.41) is 9.01. The van der Waals surface area contributed by atoms with Gasteiger partial charge in [0, 0.05) is 5.56 Å². The number of ketones is 1. The number of Topliss-reactive ketones (excluding diaryl/α,β-unsaturated/α-hetero) is 1. The summed E-state index contributed by atoms with van der Waals surface area (Å²) in [5.41, 5.74) is 2.18. The van der Waals surface area contributed by atoms with Crippen LogP contribution in [-0.2, 0) is 6.42 Å².